The maximum absolute atomic E-state index is 12.3. The van der Waals surface area contributed by atoms with Gasteiger partial charge in [-0.05, 0) is 0 Å². The molecule has 0 aromatic heterocycles. The molecule has 0 unspecified atom stereocenters. The second-order valence-electron chi connectivity index (χ2n) is 5.18. The smallest absolute Gasteiger partial charge is 0.320 e. The van der Waals surface area contributed by atoms with Crippen LogP contribution in [0.25, 0.3) is 0 Å². The zero-order valence-corrected chi connectivity index (χ0v) is 11.6. The molecule has 0 aliphatic carbocycles. The molecule has 0 aromatic carbocycles. The highest BCUT2D eigenvalue weighted by atomic mass is 16.4. The van der Waals surface area contributed by atoms with Crippen LogP contribution in [0.2, 0.25) is 0 Å². The van der Waals surface area contributed by atoms with Gasteiger partial charge < -0.3 is 19.8 Å². The summed E-state index contributed by atoms with van der Waals surface area (Å²) in [5.74, 6) is -0.899. The van der Waals surface area contributed by atoms with Gasteiger partial charge in [0.05, 0.1) is 6.54 Å². The molecule has 112 valence electrons. The quantitative estimate of drug-likeness (QED) is 0.673. The Morgan fingerprint density at radius 1 is 1.05 bits per heavy atom. The summed E-state index contributed by atoms with van der Waals surface area (Å²) in [7, 11) is 1.73. The van der Waals surface area contributed by atoms with Crippen molar-refractivity contribution in [2.24, 2.45) is 0 Å². The van der Waals surface area contributed by atoms with E-state index < -0.39 is 5.97 Å². The fourth-order valence-electron chi connectivity index (χ4n) is 2.41. The summed E-state index contributed by atoms with van der Waals surface area (Å²) < 4.78 is 0. The van der Waals surface area contributed by atoms with Gasteiger partial charge >= 0.3 is 12.0 Å². The number of hydrogen-bond acceptors (Lipinski definition) is 4. The van der Waals surface area contributed by atoms with Gasteiger partial charge in [0.2, 0.25) is 5.91 Å². The predicted octanol–water partition coefficient (Wildman–Crippen LogP) is -1.42. The van der Waals surface area contributed by atoms with Crippen molar-refractivity contribution >= 4 is 17.9 Å². The Kier molecular flexibility index (Phi) is 4.43. The van der Waals surface area contributed by atoms with E-state index in [2.05, 4.69) is 0 Å². The lowest BCUT2D eigenvalue weighted by Gasteiger charge is -2.39. The predicted molar refractivity (Wildman–Crippen MR) is 70.3 cm³/mol. The third-order valence-corrected chi connectivity index (χ3v) is 3.73. The number of likely N-dealkylation sites (N-methyl/N-ethyl adjacent to an activating group) is 1. The van der Waals surface area contributed by atoms with Crippen molar-refractivity contribution in [2.75, 3.05) is 59.4 Å². The molecule has 2 rings (SSSR count). The highest BCUT2D eigenvalue weighted by molar-refractivity contribution is 5.85. The number of carboxylic acids is 1. The van der Waals surface area contributed by atoms with Crippen LogP contribution >= 0.6 is 0 Å². The molecule has 0 radical (unpaired) electrons. The fraction of sp³-hybridized carbons (Fsp3) is 0.750. The first-order valence-corrected chi connectivity index (χ1v) is 6.69. The van der Waals surface area contributed by atoms with E-state index >= 15 is 0 Å². The Hall–Kier alpha value is -1.83. The highest BCUT2D eigenvalue weighted by Crippen LogP contribution is 2.09. The summed E-state index contributed by atoms with van der Waals surface area (Å²) in [4.78, 5) is 41.2. The van der Waals surface area contributed by atoms with Crippen LogP contribution in [0.5, 0.6) is 0 Å². The molecule has 3 amide bonds. The molecule has 2 heterocycles. The normalized spacial score (nSPS) is 21.2. The molecule has 2 saturated heterocycles. The number of carbonyl (C=O) groups is 3. The minimum atomic E-state index is -0.852. The second kappa shape index (κ2) is 6.08. The lowest BCUT2D eigenvalue weighted by molar-refractivity contribution is -0.139. The van der Waals surface area contributed by atoms with Gasteiger partial charge in [-0.15, -0.1) is 0 Å². The van der Waals surface area contributed by atoms with Crippen LogP contribution < -0.4 is 0 Å². The van der Waals surface area contributed by atoms with Crippen molar-refractivity contribution in [2.45, 2.75) is 0 Å². The number of rotatable bonds is 2. The standard InChI is InChI=1S/C12H20N4O4/c1-13-2-5-16(8-10(13)17)12(20)15-6-3-14(4-7-15)9-11(18)19/h2-9H2,1H3,(H,18,19). The van der Waals surface area contributed by atoms with Crippen molar-refractivity contribution in [3.05, 3.63) is 0 Å². The van der Waals surface area contributed by atoms with Crippen LogP contribution in [0.1, 0.15) is 0 Å². The van der Waals surface area contributed by atoms with Gasteiger partial charge in [0.15, 0.2) is 0 Å². The van der Waals surface area contributed by atoms with E-state index in [0.717, 1.165) is 0 Å². The summed E-state index contributed by atoms with van der Waals surface area (Å²) in [5, 5.41) is 8.73. The molecule has 1 N–H and O–H groups in total. The molecule has 8 heteroatoms. The maximum atomic E-state index is 12.3. The maximum Gasteiger partial charge on any atom is 0.320 e. The lowest BCUT2D eigenvalue weighted by atomic mass is 10.3. The minimum absolute atomic E-state index is 0.00895. The van der Waals surface area contributed by atoms with E-state index in [1.807, 2.05) is 0 Å². The number of urea groups is 1. The molecular weight excluding hydrogens is 264 g/mol. The van der Waals surface area contributed by atoms with Gasteiger partial charge in [-0.2, -0.15) is 0 Å². The molecule has 2 aliphatic heterocycles. The van der Waals surface area contributed by atoms with Gasteiger partial charge in [0.25, 0.3) is 0 Å². The number of piperazine rings is 2. The molecule has 0 spiro atoms. The molecule has 2 aliphatic rings. The first-order valence-electron chi connectivity index (χ1n) is 6.69. The Labute approximate surface area is 117 Å². The average molecular weight is 284 g/mol. The zero-order chi connectivity index (χ0) is 14.7. The van der Waals surface area contributed by atoms with Crippen LogP contribution in [0, 0.1) is 0 Å². The van der Waals surface area contributed by atoms with Gasteiger partial charge in [-0.25, -0.2) is 4.79 Å². The summed E-state index contributed by atoms with van der Waals surface area (Å²) >= 11 is 0. The Morgan fingerprint density at radius 3 is 2.20 bits per heavy atom. The second-order valence-corrected chi connectivity index (χ2v) is 5.18. The molecule has 2 fully saturated rings. The first-order chi connectivity index (χ1) is 9.47. The number of hydrogen-bond donors (Lipinski definition) is 1. The molecule has 0 aromatic rings. The topological polar surface area (TPSA) is 84.4 Å². The largest absolute Gasteiger partial charge is 0.480 e. The van der Waals surface area contributed by atoms with E-state index in [4.69, 9.17) is 5.11 Å². The van der Waals surface area contributed by atoms with Gasteiger partial charge in [-0.1, -0.05) is 0 Å². The molecule has 8 nitrogen and oxygen atoms in total. The fourth-order valence-corrected chi connectivity index (χ4v) is 2.41. The third kappa shape index (κ3) is 3.38. The third-order valence-electron chi connectivity index (χ3n) is 3.73. The lowest BCUT2D eigenvalue weighted by Crippen LogP contribution is -2.58. The first kappa shape index (κ1) is 14.6. The zero-order valence-electron chi connectivity index (χ0n) is 11.6. The van der Waals surface area contributed by atoms with E-state index in [1.165, 1.54) is 0 Å². The monoisotopic (exact) mass is 284 g/mol. The Morgan fingerprint density at radius 2 is 1.65 bits per heavy atom. The summed E-state index contributed by atoms with van der Waals surface area (Å²) in [6.45, 7) is 3.37. The van der Waals surface area contributed by atoms with Gasteiger partial charge in [0, 0.05) is 46.3 Å². The Bertz CT molecular complexity index is 406. The van der Waals surface area contributed by atoms with Crippen LogP contribution in [0.4, 0.5) is 4.79 Å². The number of nitrogens with zero attached hydrogens (tertiary/aromatic N) is 4. The summed E-state index contributed by atoms with van der Waals surface area (Å²) in [6.07, 6.45) is 0. The molecule has 0 bridgehead atoms. The van der Waals surface area contributed by atoms with Crippen molar-refractivity contribution < 1.29 is 19.5 Å². The number of carbonyl (C=O) groups excluding carboxylic acids is 2. The highest BCUT2D eigenvalue weighted by Gasteiger charge is 2.30. The molecular formula is C12H20N4O4. The van der Waals surface area contributed by atoms with Crippen molar-refractivity contribution in [3.8, 4) is 0 Å². The summed E-state index contributed by atoms with van der Waals surface area (Å²) in [5.41, 5.74) is 0. The van der Waals surface area contributed by atoms with Crippen LogP contribution in [0.3, 0.4) is 0 Å². The number of aliphatic carboxylic acids is 1. The molecule has 0 atom stereocenters. The average Bonchev–Trinajstić information content (AvgIpc) is 2.41. The minimum Gasteiger partial charge on any atom is -0.480 e. The van der Waals surface area contributed by atoms with Crippen LogP contribution in [-0.4, -0.2) is 102 Å². The van der Waals surface area contributed by atoms with Crippen molar-refractivity contribution in [1.29, 1.82) is 0 Å². The Balaban J connectivity index is 1.83. The number of carboxylic acid groups (broad SMARTS) is 1. The molecule has 0 saturated carbocycles. The van der Waals surface area contributed by atoms with Crippen molar-refractivity contribution in [3.63, 3.8) is 0 Å². The van der Waals surface area contributed by atoms with Gasteiger partial charge in [-0.3, -0.25) is 14.5 Å². The molecule has 20 heavy (non-hydrogen) atoms. The SMILES string of the molecule is CN1CCN(C(=O)N2CCN(CC(=O)O)CC2)CC1=O. The summed E-state index contributed by atoms with van der Waals surface area (Å²) in [6, 6.07) is -0.124. The van der Waals surface area contributed by atoms with Crippen LogP contribution in [0.15, 0.2) is 0 Å². The number of amides is 3. The van der Waals surface area contributed by atoms with E-state index in [-0.39, 0.29) is 25.0 Å². The van der Waals surface area contributed by atoms with Crippen LogP contribution in [-0.2, 0) is 9.59 Å². The van der Waals surface area contributed by atoms with E-state index in [9.17, 15) is 14.4 Å². The van der Waals surface area contributed by atoms with Crippen molar-refractivity contribution in [1.82, 2.24) is 19.6 Å². The van der Waals surface area contributed by atoms with E-state index in [1.54, 1.807) is 26.6 Å². The van der Waals surface area contributed by atoms with Gasteiger partial charge in [0.1, 0.15) is 6.54 Å². The van der Waals surface area contributed by atoms with E-state index in [0.29, 0.717) is 39.3 Å².